The first kappa shape index (κ1) is 15.6. The molecule has 1 atom stereocenters. The van der Waals surface area contributed by atoms with Gasteiger partial charge in [0, 0.05) is 36.9 Å². The molecule has 0 N–H and O–H groups in total. The van der Waals surface area contributed by atoms with E-state index >= 15 is 0 Å². The van der Waals surface area contributed by atoms with Crippen molar-refractivity contribution in [2.75, 3.05) is 19.6 Å². The second kappa shape index (κ2) is 5.92. The first-order chi connectivity index (χ1) is 9.26. The van der Waals surface area contributed by atoms with Gasteiger partial charge in [-0.15, -0.1) is 0 Å². The average molecular weight is 347 g/mol. The molecule has 20 heavy (non-hydrogen) atoms. The summed E-state index contributed by atoms with van der Waals surface area (Å²) in [5.41, 5.74) is -0.456. The lowest BCUT2D eigenvalue weighted by molar-refractivity contribution is -0.130. The van der Waals surface area contributed by atoms with Crippen molar-refractivity contribution in [3.05, 3.63) is 0 Å². The topological polar surface area (TPSA) is 49.9 Å². The number of piperidine rings is 1. The Balaban J connectivity index is 1.83. The molecule has 2 heterocycles. The molecule has 0 aromatic carbocycles. The highest BCUT2D eigenvalue weighted by Crippen LogP contribution is 2.26. The van der Waals surface area contributed by atoms with E-state index in [0.29, 0.717) is 19.5 Å². The Bertz CT molecular complexity index is 386. The van der Waals surface area contributed by atoms with Crippen LogP contribution in [0.25, 0.3) is 0 Å². The molecule has 2 fully saturated rings. The third-order valence-electron chi connectivity index (χ3n) is 3.67. The molecule has 0 aromatic heterocycles. The number of halogens is 1. The summed E-state index contributed by atoms with van der Waals surface area (Å²) < 4.78 is 5.38. The first-order valence-electron chi connectivity index (χ1n) is 7.18. The van der Waals surface area contributed by atoms with Gasteiger partial charge in [0.15, 0.2) is 0 Å². The Kier molecular flexibility index (Phi) is 4.62. The fourth-order valence-electron chi connectivity index (χ4n) is 2.73. The van der Waals surface area contributed by atoms with Gasteiger partial charge in [-0.05, 0) is 33.6 Å². The number of amides is 2. The second-order valence-corrected chi connectivity index (χ2v) is 7.84. The van der Waals surface area contributed by atoms with Crippen molar-refractivity contribution >= 4 is 27.9 Å². The molecule has 6 heteroatoms. The summed E-state index contributed by atoms with van der Waals surface area (Å²) in [4.78, 5) is 27.8. The Morgan fingerprint density at radius 2 is 1.90 bits per heavy atom. The quantitative estimate of drug-likeness (QED) is 0.685. The van der Waals surface area contributed by atoms with Crippen molar-refractivity contribution in [3.8, 4) is 0 Å². The standard InChI is InChI=1S/C14H23BrN2O3/c1-14(2,3)20-13(19)16-6-4-11(5-7-16)17-9-10(15)8-12(17)18/h10-11H,4-9H2,1-3H3. The fourth-order valence-corrected chi connectivity index (χ4v) is 3.31. The smallest absolute Gasteiger partial charge is 0.410 e. The van der Waals surface area contributed by atoms with Crippen LogP contribution in [-0.2, 0) is 9.53 Å². The molecule has 0 radical (unpaired) electrons. The lowest BCUT2D eigenvalue weighted by atomic mass is 10.0. The van der Waals surface area contributed by atoms with Crippen LogP contribution in [0.5, 0.6) is 0 Å². The Morgan fingerprint density at radius 3 is 2.35 bits per heavy atom. The highest BCUT2D eigenvalue weighted by molar-refractivity contribution is 9.09. The summed E-state index contributed by atoms with van der Waals surface area (Å²) in [6.07, 6.45) is 2.02. The van der Waals surface area contributed by atoms with Crippen LogP contribution in [0.15, 0.2) is 0 Å². The zero-order valence-electron chi connectivity index (χ0n) is 12.4. The molecule has 2 amide bonds. The van der Waals surface area contributed by atoms with Crippen LogP contribution in [0.4, 0.5) is 4.79 Å². The largest absolute Gasteiger partial charge is 0.444 e. The molecule has 0 aromatic rings. The van der Waals surface area contributed by atoms with Gasteiger partial charge in [-0.25, -0.2) is 4.79 Å². The van der Waals surface area contributed by atoms with E-state index < -0.39 is 5.60 Å². The van der Waals surface area contributed by atoms with Gasteiger partial charge in [0.25, 0.3) is 0 Å². The normalized spacial score (nSPS) is 25.2. The van der Waals surface area contributed by atoms with E-state index in [9.17, 15) is 9.59 Å². The van der Waals surface area contributed by atoms with E-state index in [2.05, 4.69) is 15.9 Å². The van der Waals surface area contributed by atoms with Gasteiger partial charge in [-0.2, -0.15) is 0 Å². The maximum Gasteiger partial charge on any atom is 0.410 e. The number of alkyl halides is 1. The molecular weight excluding hydrogens is 324 g/mol. The third kappa shape index (κ3) is 3.87. The number of rotatable bonds is 1. The number of carbonyl (C=O) groups excluding carboxylic acids is 2. The minimum absolute atomic E-state index is 0.225. The van der Waals surface area contributed by atoms with E-state index in [0.717, 1.165) is 19.4 Å². The maximum atomic E-state index is 12.0. The van der Waals surface area contributed by atoms with Gasteiger partial charge in [-0.1, -0.05) is 15.9 Å². The molecule has 2 rings (SSSR count). The van der Waals surface area contributed by atoms with E-state index in [-0.39, 0.29) is 22.9 Å². The third-order valence-corrected chi connectivity index (χ3v) is 4.28. The molecular formula is C14H23BrN2O3. The van der Waals surface area contributed by atoms with Crippen molar-refractivity contribution < 1.29 is 14.3 Å². The molecule has 114 valence electrons. The number of nitrogens with zero attached hydrogens (tertiary/aromatic N) is 2. The molecule has 1 unspecified atom stereocenters. The van der Waals surface area contributed by atoms with E-state index in [1.54, 1.807) is 4.90 Å². The number of likely N-dealkylation sites (tertiary alicyclic amines) is 2. The highest BCUT2D eigenvalue weighted by atomic mass is 79.9. The van der Waals surface area contributed by atoms with Crippen LogP contribution < -0.4 is 0 Å². The Labute approximate surface area is 128 Å². The van der Waals surface area contributed by atoms with Crippen molar-refractivity contribution in [1.29, 1.82) is 0 Å². The van der Waals surface area contributed by atoms with Crippen LogP contribution >= 0.6 is 15.9 Å². The minimum Gasteiger partial charge on any atom is -0.444 e. The maximum absolute atomic E-state index is 12.0. The van der Waals surface area contributed by atoms with Crippen LogP contribution in [0.1, 0.15) is 40.0 Å². The molecule has 2 aliphatic heterocycles. The van der Waals surface area contributed by atoms with E-state index in [1.165, 1.54) is 0 Å². The molecule has 2 aliphatic rings. The van der Waals surface area contributed by atoms with Crippen LogP contribution in [0.2, 0.25) is 0 Å². The van der Waals surface area contributed by atoms with Gasteiger partial charge in [0.05, 0.1) is 0 Å². The molecule has 0 saturated carbocycles. The zero-order chi connectivity index (χ0) is 14.9. The summed E-state index contributed by atoms with van der Waals surface area (Å²) in [6.45, 7) is 7.73. The summed E-state index contributed by atoms with van der Waals surface area (Å²) in [7, 11) is 0. The molecule has 0 bridgehead atoms. The Morgan fingerprint density at radius 1 is 1.30 bits per heavy atom. The van der Waals surface area contributed by atoms with E-state index in [4.69, 9.17) is 4.74 Å². The molecule has 0 spiro atoms. The fraction of sp³-hybridized carbons (Fsp3) is 0.857. The van der Waals surface area contributed by atoms with Crippen molar-refractivity contribution in [1.82, 2.24) is 9.80 Å². The average Bonchev–Trinajstić information content (AvgIpc) is 2.66. The Hall–Kier alpha value is -0.780. The number of ether oxygens (including phenoxy) is 1. The summed E-state index contributed by atoms with van der Waals surface area (Å²) >= 11 is 3.51. The predicted octanol–water partition coefficient (Wildman–Crippen LogP) is 2.38. The minimum atomic E-state index is -0.456. The van der Waals surface area contributed by atoms with Gasteiger partial charge >= 0.3 is 6.09 Å². The van der Waals surface area contributed by atoms with E-state index in [1.807, 2.05) is 25.7 Å². The molecule has 0 aliphatic carbocycles. The number of hydrogen-bond acceptors (Lipinski definition) is 3. The second-order valence-electron chi connectivity index (χ2n) is 6.55. The zero-order valence-corrected chi connectivity index (χ0v) is 14.0. The van der Waals surface area contributed by atoms with Gasteiger partial charge in [0.2, 0.25) is 5.91 Å². The predicted molar refractivity (Wildman–Crippen MR) is 79.9 cm³/mol. The summed E-state index contributed by atoms with van der Waals surface area (Å²) in [5.74, 6) is 0.225. The van der Waals surface area contributed by atoms with Gasteiger partial charge in [0.1, 0.15) is 5.60 Å². The first-order valence-corrected chi connectivity index (χ1v) is 8.09. The molecule has 5 nitrogen and oxygen atoms in total. The molecule has 2 saturated heterocycles. The van der Waals surface area contributed by atoms with Gasteiger partial charge in [-0.3, -0.25) is 4.79 Å². The van der Waals surface area contributed by atoms with Crippen LogP contribution in [0.3, 0.4) is 0 Å². The summed E-state index contributed by atoms with van der Waals surface area (Å²) in [5, 5.41) is 0. The lowest BCUT2D eigenvalue weighted by Crippen LogP contribution is -2.48. The highest BCUT2D eigenvalue weighted by Gasteiger charge is 2.36. The van der Waals surface area contributed by atoms with Crippen LogP contribution in [0, 0.1) is 0 Å². The lowest BCUT2D eigenvalue weighted by Gasteiger charge is -2.37. The van der Waals surface area contributed by atoms with Crippen molar-refractivity contribution in [2.24, 2.45) is 0 Å². The van der Waals surface area contributed by atoms with Gasteiger partial charge < -0.3 is 14.5 Å². The summed E-state index contributed by atoms with van der Waals surface area (Å²) in [6, 6.07) is 0.267. The number of carbonyl (C=O) groups is 2. The van der Waals surface area contributed by atoms with Crippen LogP contribution in [-0.4, -0.2) is 57.9 Å². The number of hydrogen-bond donors (Lipinski definition) is 0. The SMILES string of the molecule is CC(C)(C)OC(=O)N1CCC(N2CC(Br)CC2=O)CC1. The monoisotopic (exact) mass is 346 g/mol. The van der Waals surface area contributed by atoms with Crippen molar-refractivity contribution in [2.45, 2.75) is 56.5 Å². The van der Waals surface area contributed by atoms with Crippen molar-refractivity contribution in [3.63, 3.8) is 0 Å².